The van der Waals surface area contributed by atoms with Gasteiger partial charge >= 0.3 is 6.18 Å². The summed E-state index contributed by atoms with van der Waals surface area (Å²) >= 11 is 0. The van der Waals surface area contributed by atoms with Crippen LogP contribution in [-0.4, -0.2) is 24.8 Å². The Morgan fingerprint density at radius 1 is 1.26 bits per heavy atom. The van der Waals surface area contributed by atoms with Crippen molar-refractivity contribution in [3.05, 3.63) is 30.0 Å². The third-order valence-electron chi connectivity index (χ3n) is 2.58. The van der Waals surface area contributed by atoms with Crippen LogP contribution in [0.15, 0.2) is 24.3 Å². The number of hydrogen-bond acceptors (Lipinski definition) is 3. The number of halogens is 3. The van der Waals surface area contributed by atoms with Crippen molar-refractivity contribution >= 4 is 16.6 Å². The average molecular weight is 270 g/mol. The van der Waals surface area contributed by atoms with E-state index in [9.17, 15) is 13.2 Å². The molecule has 1 aromatic carbocycles. The molecule has 0 atom stereocenters. The van der Waals surface area contributed by atoms with E-state index in [-0.39, 0.29) is 5.75 Å². The quantitative estimate of drug-likeness (QED) is 0.926. The standard InChI is InChI=1S/C13H13F3N2O/c1-8-5-12(17-2)10-6-9(3-4-11(10)18-8)19-7-13(14,15)16/h3-6H,7H2,1-2H3,(H,17,18). The molecule has 102 valence electrons. The van der Waals surface area contributed by atoms with Crippen LogP contribution >= 0.6 is 0 Å². The summed E-state index contributed by atoms with van der Waals surface area (Å²) in [4.78, 5) is 4.32. The molecular weight excluding hydrogens is 257 g/mol. The summed E-state index contributed by atoms with van der Waals surface area (Å²) in [5.41, 5.74) is 2.35. The van der Waals surface area contributed by atoms with Gasteiger partial charge in [-0.25, -0.2) is 0 Å². The molecule has 0 fully saturated rings. The Hall–Kier alpha value is -1.98. The fourth-order valence-electron chi connectivity index (χ4n) is 1.80. The third kappa shape index (κ3) is 3.27. The van der Waals surface area contributed by atoms with E-state index in [0.717, 1.165) is 16.8 Å². The van der Waals surface area contributed by atoms with Gasteiger partial charge in [0, 0.05) is 23.8 Å². The maximum Gasteiger partial charge on any atom is 0.422 e. The maximum atomic E-state index is 12.1. The molecule has 0 aliphatic rings. The highest BCUT2D eigenvalue weighted by molar-refractivity contribution is 5.92. The molecule has 0 unspecified atom stereocenters. The molecule has 2 rings (SSSR count). The second kappa shape index (κ2) is 4.95. The number of pyridine rings is 1. The largest absolute Gasteiger partial charge is 0.484 e. The molecule has 0 spiro atoms. The van der Waals surface area contributed by atoms with Crippen molar-refractivity contribution in [3.8, 4) is 5.75 Å². The van der Waals surface area contributed by atoms with Crippen LogP contribution in [0.25, 0.3) is 10.9 Å². The molecule has 6 heteroatoms. The Labute approximate surface area is 108 Å². The zero-order chi connectivity index (χ0) is 14.0. The summed E-state index contributed by atoms with van der Waals surface area (Å²) in [5, 5.41) is 3.72. The van der Waals surface area contributed by atoms with Crippen molar-refractivity contribution in [1.82, 2.24) is 4.98 Å². The molecule has 0 saturated carbocycles. The number of ether oxygens (including phenoxy) is 1. The number of aryl methyl sites for hydroxylation is 1. The van der Waals surface area contributed by atoms with Crippen LogP contribution < -0.4 is 10.1 Å². The first-order chi connectivity index (χ1) is 8.89. The van der Waals surface area contributed by atoms with Crippen LogP contribution in [0.1, 0.15) is 5.69 Å². The Morgan fingerprint density at radius 2 is 2.00 bits per heavy atom. The maximum absolute atomic E-state index is 12.1. The van der Waals surface area contributed by atoms with Crippen molar-refractivity contribution < 1.29 is 17.9 Å². The van der Waals surface area contributed by atoms with Gasteiger partial charge in [0.25, 0.3) is 0 Å². The SMILES string of the molecule is CNc1cc(C)nc2ccc(OCC(F)(F)F)cc12. The molecular formula is C13H13F3N2O. The highest BCUT2D eigenvalue weighted by Crippen LogP contribution is 2.28. The number of hydrogen-bond donors (Lipinski definition) is 1. The average Bonchev–Trinajstić information content (AvgIpc) is 2.34. The minimum absolute atomic E-state index is 0.173. The fourth-order valence-corrected chi connectivity index (χ4v) is 1.80. The number of benzene rings is 1. The molecule has 1 heterocycles. The molecule has 0 amide bonds. The number of nitrogens with zero attached hydrogens (tertiary/aromatic N) is 1. The van der Waals surface area contributed by atoms with Crippen molar-refractivity contribution in [2.75, 3.05) is 19.0 Å². The van der Waals surface area contributed by atoms with Crippen LogP contribution in [0.3, 0.4) is 0 Å². The highest BCUT2D eigenvalue weighted by atomic mass is 19.4. The number of aromatic nitrogens is 1. The van der Waals surface area contributed by atoms with Gasteiger partial charge in [0.05, 0.1) is 5.52 Å². The van der Waals surface area contributed by atoms with E-state index in [4.69, 9.17) is 4.74 Å². The lowest BCUT2D eigenvalue weighted by Crippen LogP contribution is -2.19. The van der Waals surface area contributed by atoms with Gasteiger partial charge in [-0.1, -0.05) is 0 Å². The molecule has 3 nitrogen and oxygen atoms in total. The number of anilines is 1. The molecule has 19 heavy (non-hydrogen) atoms. The molecule has 0 saturated heterocycles. The molecule has 2 aromatic rings. The Morgan fingerprint density at radius 3 is 2.63 bits per heavy atom. The van der Waals surface area contributed by atoms with Crippen LogP contribution in [0.4, 0.5) is 18.9 Å². The van der Waals surface area contributed by atoms with E-state index >= 15 is 0 Å². The van der Waals surface area contributed by atoms with Gasteiger partial charge in [-0.2, -0.15) is 13.2 Å². The van der Waals surface area contributed by atoms with E-state index < -0.39 is 12.8 Å². The van der Waals surface area contributed by atoms with Crippen molar-refractivity contribution in [3.63, 3.8) is 0 Å². The van der Waals surface area contributed by atoms with Crippen molar-refractivity contribution in [1.29, 1.82) is 0 Å². The Balaban J connectivity index is 2.37. The van der Waals surface area contributed by atoms with Crippen LogP contribution in [0.5, 0.6) is 5.75 Å². The molecule has 0 aliphatic carbocycles. The van der Waals surface area contributed by atoms with Gasteiger partial charge in [-0.15, -0.1) is 0 Å². The summed E-state index contributed by atoms with van der Waals surface area (Å²) in [6.45, 7) is 0.557. The molecule has 1 aromatic heterocycles. The predicted molar refractivity (Wildman–Crippen MR) is 67.6 cm³/mol. The van der Waals surface area contributed by atoms with Gasteiger partial charge in [0.1, 0.15) is 5.75 Å². The molecule has 1 N–H and O–H groups in total. The smallest absolute Gasteiger partial charge is 0.422 e. The summed E-state index contributed by atoms with van der Waals surface area (Å²) in [5.74, 6) is 0.173. The monoisotopic (exact) mass is 270 g/mol. The van der Waals surface area contributed by atoms with E-state index in [1.54, 1.807) is 19.2 Å². The third-order valence-corrected chi connectivity index (χ3v) is 2.58. The predicted octanol–water partition coefficient (Wildman–Crippen LogP) is 3.53. The van der Waals surface area contributed by atoms with Crippen LogP contribution in [0, 0.1) is 6.92 Å². The zero-order valence-electron chi connectivity index (χ0n) is 10.5. The van der Waals surface area contributed by atoms with Gasteiger partial charge in [-0.05, 0) is 31.2 Å². The zero-order valence-corrected chi connectivity index (χ0v) is 10.5. The molecule has 0 aliphatic heterocycles. The second-order valence-electron chi connectivity index (χ2n) is 4.14. The van der Waals surface area contributed by atoms with Crippen molar-refractivity contribution in [2.24, 2.45) is 0 Å². The fraction of sp³-hybridized carbons (Fsp3) is 0.308. The van der Waals surface area contributed by atoms with Gasteiger partial charge < -0.3 is 10.1 Å². The number of rotatable bonds is 3. The van der Waals surface area contributed by atoms with Crippen LogP contribution in [-0.2, 0) is 0 Å². The molecule has 0 bridgehead atoms. The second-order valence-corrected chi connectivity index (χ2v) is 4.14. The number of nitrogens with one attached hydrogen (secondary N) is 1. The number of alkyl halides is 3. The van der Waals surface area contributed by atoms with Gasteiger partial charge in [0.15, 0.2) is 6.61 Å². The minimum atomic E-state index is -4.34. The van der Waals surface area contributed by atoms with E-state index in [1.165, 1.54) is 6.07 Å². The summed E-state index contributed by atoms with van der Waals surface area (Å²) in [6, 6.07) is 6.52. The highest BCUT2D eigenvalue weighted by Gasteiger charge is 2.28. The van der Waals surface area contributed by atoms with E-state index in [1.807, 2.05) is 13.0 Å². The van der Waals surface area contributed by atoms with Gasteiger partial charge in [0.2, 0.25) is 0 Å². The van der Waals surface area contributed by atoms with E-state index in [0.29, 0.717) is 5.52 Å². The molecule has 0 radical (unpaired) electrons. The number of fused-ring (bicyclic) bond motifs is 1. The lowest BCUT2D eigenvalue weighted by Gasteiger charge is -2.11. The topological polar surface area (TPSA) is 34.2 Å². The van der Waals surface area contributed by atoms with Crippen molar-refractivity contribution in [2.45, 2.75) is 13.1 Å². The Bertz CT molecular complexity index is 596. The summed E-state index contributed by atoms with van der Waals surface area (Å²) in [7, 11) is 1.75. The van der Waals surface area contributed by atoms with Crippen LogP contribution in [0.2, 0.25) is 0 Å². The first-order valence-electron chi connectivity index (χ1n) is 5.68. The normalized spacial score (nSPS) is 11.6. The summed E-state index contributed by atoms with van der Waals surface area (Å²) in [6.07, 6.45) is -4.34. The van der Waals surface area contributed by atoms with Gasteiger partial charge in [-0.3, -0.25) is 4.98 Å². The first kappa shape index (κ1) is 13.5. The van der Waals surface area contributed by atoms with E-state index in [2.05, 4.69) is 10.3 Å². The lowest BCUT2D eigenvalue weighted by atomic mass is 10.1. The first-order valence-corrected chi connectivity index (χ1v) is 5.68. The minimum Gasteiger partial charge on any atom is -0.484 e. The lowest BCUT2D eigenvalue weighted by molar-refractivity contribution is -0.153. The summed E-state index contributed by atoms with van der Waals surface area (Å²) < 4.78 is 41.0. The Kier molecular flexibility index (Phi) is 3.50.